The van der Waals surface area contributed by atoms with Crippen LogP contribution in [0.1, 0.15) is 39.5 Å². The van der Waals surface area contributed by atoms with E-state index in [-0.39, 0.29) is 5.79 Å². The molecule has 0 unspecified atom stereocenters. The molecule has 2 aliphatic rings. The summed E-state index contributed by atoms with van der Waals surface area (Å²) in [4.78, 5) is 0. The minimum absolute atomic E-state index is 0.373. The molecule has 1 aliphatic heterocycles. The molecule has 1 N–H and O–H groups in total. The molecule has 3 heteroatoms. The van der Waals surface area contributed by atoms with Gasteiger partial charge in [0.2, 0.25) is 0 Å². The van der Waals surface area contributed by atoms with Crippen molar-refractivity contribution < 1.29 is 14.6 Å². The van der Waals surface area contributed by atoms with E-state index < -0.39 is 5.60 Å². The van der Waals surface area contributed by atoms with Gasteiger partial charge in [-0.15, -0.1) is 0 Å². The topological polar surface area (TPSA) is 38.7 Å². The number of rotatable bonds is 1. The van der Waals surface area contributed by atoms with Gasteiger partial charge in [0.25, 0.3) is 0 Å². The summed E-state index contributed by atoms with van der Waals surface area (Å²) in [5.74, 6) is -0.373. The average Bonchev–Trinajstić information content (AvgIpc) is 2.59. The Labute approximate surface area is 91.1 Å². The van der Waals surface area contributed by atoms with Crippen molar-refractivity contribution in [1.29, 1.82) is 0 Å². The lowest BCUT2D eigenvalue weighted by molar-refractivity contribution is -0.196. The molecule has 86 valence electrons. The largest absolute Gasteiger partial charge is 0.386 e. The van der Waals surface area contributed by atoms with Crippen LogP contribution in [-0.4, -0.2) is 29.7 Å². The molecule has 2 fully saturated rings. The van der Waals surface area contributed by atoms with E-state index >= 15 is 0 Å². The molecule has 2 rings (SSSR count). The normalized spacial score (nSPS) is 27.9. The van der Waals surface area contributed by atoms with Crippen LogP contribution in [0.2, 0.25) is 0 Å². The minimum Gasteiger partial charge on any atom is -0.386 e. The Kier molecular flexibility index (Phi) is 2.88. The zero-order valence-electron chi connectivity index (χ0n) is 9.58. The molecule has 1 aliphatic carbocycles. The second-order valence-electron chi connectivity index (χ2n) is 4.93. The van der Waals surface area contributed by atoms with Gasteiger partial charge in [0.15, 0.2) is 5.79 Å². The predicted molar refractivity (Wildman–Crippen MR) is 57.5 cm³/mol. The van der Waals surface area contributed by atoms with Crippen LogP contribution in [0.4, 0.5) is 0 Å². The first-order chi connectivity index (χ1) is 7.04. The molecule has 0 aromatic rings. The summed E-state index contributed by atoms with van der Waals surface area (Å²) in [5.41, 5.74) is 0.529. The molecule has 0 amide bonds. The number of aliphatic hydroxyl groups is 1. The van der Waals surface area contributed by atoms with Crippen molar-refractivity contribution >= 4 is 0 Å². The molecule has 1 saturated carbocycles. The number of allylic oxidation sites excluding steroid dienone is 1. The lowest BCUT2D eigenvalue weighted by atomic mass is 9.80. The second-order valence-corrected chi connectivity index (χ2v) is 4.93. The summed E-state index contributed by atoms with van der Waals surface area (Å²) < 4.78 is 11.3. The van der Waals surface area contributed by atoms with E-state index in [1.807, 2.05) is 19.9 Å². The maximum Gasteiger partial charge on any atom is 0.168 e. The van der Waals surface area contributed by atoms with Gasteiger partial charge in [-0.25, -0.2) is 0 Å². The van der Waals surface area contributed by atoms with Gasteiger partial charge in [-0.05, 0) is 26.7 Å². The molecular weight excluding hydrogens is 192 g/mol. The van der Waals surface area contributed by atoms with Crippen LogP contribution in [-0.2, 0) is 9.47 Å². The Hall–Kier alpha value is -0.380. The molecule has 0 bridgehead atoms. The first-order valence-electron chi connectivity index (χ1n) is 5.70. The highest BCUT2D eigenvalue weighted by molar-refractivity contribution is 5.09. The molecule has 1 saturated heterocycles. The van der Waals surface area contributed by atoms with Crippen molar-refractivity contribution in [2.24, 2.45) is 0 Å². The smallest absolute Gasteiger partial charge is 0.168 e. The summed E-state index contributed by atoms with van der Waals surface area (Å²) in [5, 5.41) is 10.3. The SMILES string of the molecule is CC(C)=CC1(O)CCC2(CC1)OCCO2. The van der Waals surface area contributed by atoms with E-state index in [1.54, 1.807) is 0 Å². The van der Waals surface area contributed by atoms with Gasteiger partial charge in [-0.1, -0.05) is 11.6 Å². The Balaban J connectivity index is 1.99. The van der Waals surface area contributed by atoms with Crippen LogP contribution in [0.5, 0.6) is 0 Å². The van der Waals surface area contributed by atoms with E-state index in [2.05, 4.69) is 0 Å². The maximum atomic E-state index is 10.3. The molecule has 3 nitrogen and oxygen atoms in total. The summed E-state index contributed by atoms with van der Waals surface area (Å²) in [6.45, 7) is 5.43. The standard InChI is InChI=1S/C12H20O3/c1-10(2)9-11(13)3-5-12(6-4-11)14-7-8-15-12/h9,13H,3-8H2,1-2H3. The van der Waals surface area contributed by atoms with E-state index in [4.69, 9.17) is 9.47 Å². The van der Waals surface area contributed by atoms with Gasteiger partial charge in [0.1, 0.15) is 0 Å². The summed E-state index contributed by atoms with van der Waals surface area (Å²) in [7, 11) is 0. The van der Waals surface area contributed by atoms with Gasteiger partial charge in [0, 0.05) is 12.8 Å². The van der Waals surface area contributed by atoms with Crippen LogP contribution >= 0.6 is 0 Å². The van der Waals surface area contributed by atoms with Crippen molar-refractivity contribution in [3.8, 4) is 0 Å². The predicted octanol–water partition coefficient (Wildman–Crippen LogP) is 2.00. The van der Waals surface area contributed by atoms with Gasteiger partial charge in [0.05, 0.1) is 18.8 Å². The monoisotopic (exact) mass is 212 g/mol. The Bertz CT molecular complexity index is 250. The Morgan fingerprint density at radius 3 is 2.07 bits per heavy atom. The van der Waals surface area contributed by atoms with Crippen molar-refractivity contribution in [3.63, 3.8) is 0 Å². The van der Waals surface area contributed by atoms with Crippen LogP contribution in [0.15, 0.2) is 11.6 Å². The minimum atomic E-state index is -0.639. The molecule has 0 radical (unpaired) electrons. The van der Waals surface area contributed by atoms with Crippen molar-refractivity contribution in [2.45, 2.75) is 50.9 Å². The number of hydrogen-bond donors (Lipinski definition) is 1. The maximum absolute atomic E-state index is 10.3. The fourth-order valence-electron chi connectivity index (χ4n) is 2.53. The highest BCUT2D eigenvalue weighted by Crippen LogP contribution is 2.41. The molecular formula is C12H20O3. The molecule has 0 aromatic heterocycles. The highest BCUT2D eigenvalue weighted by Gasteiger charge is 2.44. The lowest BCUT2D eigenvalue weighted by Crippen LogP contribution is -2.42. The molecule has 0 aromatic carbocycles. The van der Waals surface area contributed by atoms with E-state index in [0.29, 0.717) is 13.2 Å². The van der Waals surface area contributed by atoms with Crippen LogP contribution in [0.3, 0.4) is 0 Å². The molecule has 15 heavy (non-hydrogen) atoms. The second kappa shape index (κ2) is 3.89. The number of ether oxygens (including phenoxy) is 2. The average molecular weight is 212 g/mol. The van der Waals surface area contributed by atoms with Crippen LogP contribution < -0.4 is 0 Å². The first-order valence-corrected chi connectivity index (χ1v) is 5.70. The summed E-state index contributed by atoms with van der Waals surface area (Å²) in [6.07, 6.45) is 5.03. The van der Waals surface area contributed by atoms with Gasteiger partial charge < -0.3 is 14.6 Å². The Morgan fingerprint density at radius 1 is 1.07 bits per heavy atom. The van der Waals surface area contributed by atoms with Crippen molar-refractivity contribution in [3.05, 3.63) is 11.6 Å². The molecule has 1 spiro atoms. The van der Waals surface area contributed by atoms with Gasteiger partial charge in [-0.2, -0.15) is 0 Å². The summed E-state index contributed by atoms with van der Waals surface area (Å²) in [6, 6.07) is 0. The fourth-order valence-corrected chi connectivity index (χ4v) is 2.53. The first kappa shape index (κ1) is 11.1. The van der Waals surface area contributed by atoms with Gasteiger partial charge >= 0.3 is 0 Å². The molecule has 0 atom stereocenters. The fraction of sp³-hybridized carbons (Fsp3) is 0.833. The summed E-state index contributed by atoms with van der Waals surface area (Å²) >= 11 is 0. The quantitative estimate of drug-likeness (QED) is 0.676. The van der Waals surface area contributed by atoms with Gasteiger partial charge in [-0.3, -0.25) is 0 Å². The molecule has 1 heterocycles. The zero-order valence-corrected chi connectivity index (χ0v) is 9.58. The zero-order chi connectivity index (χ0) is 10.9. The lowest BCUT2D eigenvalue weighted by Gasteiger charge is -2.39. The van der Waals surface area contributed by atoms with Crippen molar-refractivity contribution in [1.82, 2.24) is 0 Å². The van der Waals surface area contributed by atoms with Crippen LogP contribution in [0.25, 0.3) is 0 Å². The van der Waals surface area contributed by atoms with E-state index in [0.717, 1.165) is 25.7 Å². The van der Waals surface area contributed by atoms with E-state index in [9.17, 15) is 5.11 Å². The third-order valence-electron chi connectivity index (χ3n) is 3.25. The number of hydrogen-bond acceptors (Lipinski definition) is 3. The Morgan fingerprint density at radius 2 is 1.60 bits per heavy atom. The van der Waals surface area contributed by atoms with E-state index in [1.165, 1.54) is 5.57 Å². The third kappa shape index (κ3) is 2.41. The highest BCUT2D eigenvalue weighted by atomic mass is 16.7. The van der Waals surface area contributed by atoms with Crippen molar-refractivity contribution in [2.75, 3.05) is 13.2 Å². The third-order valence-corrected chi connectivity index (χ3v) is 3.25. The van der Waals surface area contributed by atoms with Crippen LogP contribution in [0, 0.1) is 0 Å².